The minimum atomic E-state index is -2.95. The highest BCUT2D eigenvalue weighted by Gasteiger charge is 2.11. The minimum absolute atomic E-state index is 0.0845. The number of carbonyl (C=O) groups excluding carboxylic acids is 1. The molecule has 2 rings (SSSR count). The second-order valence-corrected chi connectivity index (χ2v) is 6.12. The van der Waals surface area contributed by atoms with Crippen molar-refractivity contribution in [3.8, 4) is 11.5 Å². The van der Waals surface area contributed by atoms with Gasteiger partial charge in [0.05, 0.1) is 13.3 Å². The van der Waals surface area contributed by atoms with Crippen molar-refractivity contribution in [2.24, 2.45) is 5.16 Å². The van der Waals surface area contributed by atoms with E-state index in [1.165, 1.54) is 31.5 Å². The Kier molecular flexibility index (Phi) is 7.31. The highest BCUT2D eigenvalue weighted by Crippen LogP contribution is 2.29. The maximum atomic E-state index is 12.3. The summed E-state index contributed by atoms with van der Waals surface area (Å²) < 4.78 is 34.0. The van der Waals surface area contributed by atoms with Gasteiger partial charge in [-0.3, -0.25) is 4.79 Å². The van der Waals surface area contributed by atoms with Gasteiger partial charge in [-0.25, -0.2) is 0 Å². The predicted molar refractivity (Wildman–Crippen MR) is 102 cm³/mol. The number of oxime groups is 1. The van der Waals surface area contributed by atoms with Crippen molar-refractivity contribution >= 4 is 17.8 Å². The summed E-state index contributed by atoms with van der Waals surface area (Å²) >= 11 is 0. The zero-order valence-corrected chi connectivity index (χ0v) is 16.1. The molecule has 0 saturated carbocycles. The molecule has 0 spiro atoms. The number of halogens is 2. The molecule has 0 radical (unpaired) electrons. The van der Waals surface area contributed by atoms with Crippen LogP contribution in [0.25, 0.3) is 0 Å². The van der Waals surface area contributed by atoms with Gasteiger partial charge in [0, 0.05) is 11.3 Å². The Bertz CT molecular complexity index is 846. The van der Waals surface area contributed by atoms with E-state index in [0.29, 0.717) is 5.56 Å². The molecule has 150 valence electrons. The van der Waals surface area contributed by atoms with E-state index >= 15 is 0 Å². The summed E-state index contributed by atoms with van der Waals surface area (Å²) in [5.74, 6) is -0.295. The number of nitrogens with zero attached hydrogens (tertiary/aromatic N) is 1. The van der Waals surface area contributed by atoms with Crippen molar-refractivity contribution in [2.75, 3.05) is 19.0 Å². The highest BCUT2D eigenvalue weighted by atomic mass is 19.3. The fraction of sp³-hybridized carbons (Fsp3) is 0.300. The van der Waals surface area contributed by atoms with Crippen LogP contribution in [-0.4, -0.2) is 32.4 Å². The summed E-state index contributed by atoms with van der Waals surface area (Å²) in [6, 6.07) is 8.27. The van der Waals surface area contributed by atoms with E-state index in [-0.39, 0.29) is 24.0 Å². The van der Waals surface area contributed by atoms with Crippen LogP contribution in [0.5, 0.6) is 11.5 Å². The number of ether oxygens (including phenoxy) is 2. The van der Waals surface area contributed by atoms with E-state index in [1.54, 1.807) is 0 Å². The highest BCUT2D eigenvalue weighted by molar-refractivity contribution is 5.93. The molecule has 0 aliphatic heterocycles. The molecule has 0 heterocycles. The van der Waals surface area contributed by atoms with E-state index in [4.69, 9.17) is 9.57 Å². The number of hydrogen-bond acceptors (Lipinski definition) is 5. The molecule has 1 amide bonds. The first-order chi connectivity index (χ1) is 13.3. The van der Waals surface area contributed by atoms with Gasteiger partial charge in [-0.1, -0.05) is 22.9 Å². The second kappa shape index (κ2) is 9.68. The van der Waals surface area contributed by atoms with Crippen molar-refractivity contribution in [3.05, 3.63) is 52.6 Å². The first-order valence-electron chi connectivity index (χ1n) is 8.46. The summed E-state index contributed by atoms with van der Waals surface area (Å²) in [5.41, 5.74) is 4.33. The van der Waals surface area contributed by atoms with Gasteiger partial charge < -0.3 is 19.6 Å². The van der Waals surface area contributed by atoms with Gasteiger partial charge in [0.15, 0.2) is 18.1 Å². The van der Waals surface area contributed by atoms with Crippen LogP contribution in [0.2, 0.25) is 0 Å². The first-order valence-corrected chi connectivity index (χ1v) is 8.46. The number of carbonyl (C=O) groups is 1. The molecule has 0 aliphatic rings. The summed E-state index contributed by atoms with van der Waals surface area (Å²) in [6.07, 6.45) is 1.34. The molecule has 0 aliphatic carbocycles. The lowest BCUT2D eigenvalue weighted by Crippen LogP contribution is -2.18. The lowest BCUT2D eigenvalue weighted by Gasteiger charge is -2.12. The van der Waals surface area contributed by atoms with E-state index in [2.05, 4.69) is 15.2 Å². The monoisotopic (exact) mass is 392 g/mol. The molecule has 0 aromatic heterocycles. The van der Waals surface area contributed by atoms with Gasteiger partial charge in [-0.2, -0.15) is 8.78 Å². The molecule has 0 bridgehead atoms. The van der Waals surface area contributed by atoms with Crippen LogP contribution in [0.4, 0.5) is 14.5 Å². The quantitative estimate of drug-likeness (QED) is 0.540. The SMILES string of the molecule is COc1cc(/C=N/OCC(=O)Nc2c(C)cc(C)cc2C)ccc1OC(F)F. The Morgan fingerprint density at radius 3 is 2.43 bits per heavy atom. The van der Waals surface area contributed by atoms with Crippen LogP contribution in [0.1, 0.15) is 22.3 Å². The topological polar surface area (TPSA) is 69.2 Å². The molecule has 28 heavy (non-hydrogen) atoms. The first kappa shape index (κ1) is 21.1. The number of hydrogen-bond donors (Lipinski definition) is 1. The number of nitrogens with one attached hydrogen (secondary N) is 1. The molecule has 6 nitrogen and oxygen atoms in total. The number of rotatable bonds is 8. The number of methoxy groups -OCH3 is 1. The fourth-order valence-electron chi connectivity index (χ4n) is 2.70. The predicted octanol–water partition coefficient (Wildman–Crippen LogP) is 4.21. The van der Waals surface area contributed by atoms with Crippen molar-refractivity contribution in [1.82, 2.24) is 0 Å². The average Bonchev–Trinajstić information content (AvgIpc) is 2.62. The molecule has 0 atom stereocenters. The summed E-state index contributed by atoms with van der Waals surface area (Å²) in [4.78, 5) is 17.1. The normalized spacial score (nSPS) is 11.0. The molecular formula is C20H22F2N2O4. The molecule has 1 N–H and O–H groups in total. The number of aryl methyl sites for hydroxylation is 3. The van der Waals surface area contributed by atoms with Gasteiger partial charge in [0.2, 0.25) is 0 Å². The van der Waals surface area contributed by atoms with Crippen LogP contribution in [0.3, 0.4) is 0 Å². The van der Waals surface area contributed by atoms with E-state index in [1.807, 2.05) is 32.9 Å². The average molecular weight is 392 g/mol. The molecule has 0 fully saturated rings. The van der Waals surface area contributed by atoms with Gasteiger partial charge in [0.25, 0.3) is 5.91 Å². The Hall–Kier alpha value is -3.16. The smallest absolute Gasteiger partial charge is 0.387 e. The second-order valence-electron chi connectivity index (χ2n) is 6.12. The Morgan fingerprint density at radius 1 is 1.14 bits per heavy atom. The third kappa shape index (κ3) is 5.94. The number of alkyl halides is 2. The lowest BCUT2D eigenvalue weighted by atomic mass is 10.1. The van der Waals surface area contributed by atoms with Crippen molar-refractivity contribution < 1.29 is 27.9 Å². The Balaban J connectivity index is 1.92. The van der Waals surface area contributed by atoms with Crippen LogP contribution >= 0.6 is 0 Å². The number of anilines is 1. The Labute approximate surface area is 162 Å². The Morgan fingerprint density at radius 2 is 1.82 bits per heavy atom. The molecule has 8 heteroatoms. The third-order valence-corrected chi connectivity index (χ3v) is 3.82. The van der Waals surface area contributed by atoms with Gasteiger partial charge in [-0.05, 0) is 50.1 Å². The number of benzene rings is 2. The fourth-order valence-corrected chi connectivity index (χ4v) is 2.70. The maximum Gasteiger partial charge on any atom is 0.387 e. The van der Waals surface area contributed by atoms with E-state index in [9.17, 15) is 13.6 Å². The minimum Gasteiger partial charge on any atom is -0.493 e. The number of amides is 1. The van der Waals surface area contributed by atoms with Crippen LogP contribution in [-0.2, 0) is 9.63 Å². The molecule has 0 saturated heterocycles. The van der Waals surface area contributed by atoms with Crippen molar-refractivity contribution in [3.63, 3.8) is 0 Å². The molecule has 2 aromatic rings. The molecule has 2 aromatic carbocycles. The van der Waals surface area contributed by atoms with E-state index < -0.39 is 6.61 Å². The zero-order chi connectivity index (χ0) is 20.7. The summed E-state index contributed by atoms with van der Waals surface area (Å²) in [5, 5.41) is 6.52. The third-order valence-electron chi connectivity index (χ3n) is 3.82. The zero-order valence-electron chi connectivity index (χ0n) is 16.1. The summed E-state index contributed by atoms with van der Waals surface area (Å²) in [7, 11) is 1.34. The van der Waals surface area contributed by atoms with Crippen molar-refractivity contribution in [2.45, 2.75) is 27.4 Å². The standard InChI is InChI=1S/C20H22F2N2O4/c1-12-7-13(2)19(14(3)8-12)24-18(25)11-27-23-10-15-5-6-16(28-20(21)22)17(9-15)26-4/h5-10,20H,11H2,1-4H3,(H,24,25)/b23-10+. The maximum absolute atomic E-state index is 12.3. The molecule has 0 unspecified atom stereocenters. The van der Waals surface area contributed by atoms with Crippen LogP contribution < -0.4 is 14.8 Å². The van der Waals surface area contributed by atoms with Gasteiger partial charge in [-0.15, -0.1) is 0 Å². The molecular weight excluding hydrogens is 370 g/mol. The summed E-state index contributed by atoms with van der Waals surface area (Å²) in [6.45, 7) is 2.61. The largest absolute Gasteiger partial charge is 0.493 e. The van der Waals surface area contributed by atoms with Crippen molar-refractivity contribution in [1.29, 1.82) is 0 Å². The van der Waals surface area contributed by atoms with Crippen LogP contribution in [0.15, 0.2) is 35.5 Å². The van der Waals surface area contributed by atoms with E-state index in [0.717, 1.165) is 22.4 Å². The van der Waals surface area contributed by atoms with Crippen LogP contribution in [0, 0.1) is 20.8 Å². The lowest BCUT2D eigenvalue weighted by molar-refractivity contribution is -0.120. The van der Waals surface area contributed by atoms with Gasteiger partial charge in [0.1, 0.15) is 0 Å². The van der Waals surface area contributed by atoms with Gasteiger partial charge >= 0.3 is 6.61 Å².